The van der Waals surface area contributed by atoms with E-state index >= 15 is 0 Å². The number of anilines is 1. The molecule has 3 N–H and O–H groups in total. The second kappa shape index (κ2) is 8.25. The van der Waals surface area contributed by atoms with Crippen molar-refractivity contribution >= 4 is 33.9 Å². The first kappa shape index (κ1) is 22.1. The Bertz CT molecular complexity index is 1510. The Morgan fingerprint density at radius 2 is 2.06 bits per heavy atom. The third-order valence-corrected chi connectivity index (χ3v) is 6.69. The molecule has 0 unspecified atom stereocenters. The fraction of sp³-hybridized carbons (Fsp3) is 0.320. The molecule has 1 aliphatic heterocycles. The number of imidazole rings is 1. The molecule has 2 aromatic carbocycles. The minimum atomic E-state index is -1.05. The van der Waals surface area contributed by atoms with E-state index in [4.69, 9.17) is 10.7 Å². The first-order chi connectivity index (χ1) is 16.2. The van der Waals surface area contributed by atoms with Crippen LogP contribution in [0.15, 0.2) is 41.2 Å². The minimum Gasteiger partial charge on any atom is -0.478 e. The summed E-state index contributed by atoms with van der Waals surface area (Å²) in [5.74, 6) is -0.823. The summed E-state index contributed by atoms with van der Waals surface area (Å²) in [6.07, 6.45) is 1.80. The monoisotopic (exact) mass is 463 g/mol. The Hall–Kier alpha value is -3.72. The van der Waals surface area contributed by atoms with Gasteiger partial charge < -0.3 is 24.9 Å². The second-order valence-corrected chi connectivity index (χ2v) is 9.02. The fourth-order valence-electron chi connectivity index (χ4n) is 4.83. The molecule has 0 radical (unpaired) electrons. The first-order valence-electron chi connectivity index (χ1n) is 11.3. The van der Waals surface area contributed by atoms with Gasteiger partial charge >= 0.3 is 5.97 Å². The highest BCUT2D eigenvalue weighted by atomic mass is 19.1. The highest BCUT2D eigenvalue weighted by molar-refractivity contribution is 6.06. The van der Waals surface area contributed by atoms with Crippen LogP contribution in [0.3, 0.4) is 0 Å². The van der Waals surface area contributed by atoms with Gasteiger partial charge in [-0.2, -0.15) is 0 Å². The lowest BCUT2D eigenvalue weighted by molar-refractivity contribution is 0.0697. The van der Waals surface area contributed by atoms with E-state index in [2.05, 4.69) is 4.90 Å². The highest BCUT2D eigenvalue weighted by Crippen LogP contribution is 2.30. The Balaban J connectivity index is 1.83. The summed E-state index contributed by atoms with van der Waals surface area (Å²) in [5.41, 5.74) is 9.13. The summed E-state index contributed by atoms with van der Waals surface area (Å²) in [6.45, 7) is 3.47. The Labute approximate surface area is 195 Å². The van der Waals surface area contributed by atoms with E-state index in [1.165, 1.54) is 22.8 Å². The number of carbonyl (C=O) groups is 1. The molecule has 176 valence electrons. The van der Waals surface area contributed by atoms with E-state index in [-0.39, 0.29) is 29.5 Å². The molecular weight excluding hydrogens is 437 g/mol. The van der Waals surface area contributed by atoms with E-state index in [1.54, 1.807) is 25.2 Å². The summed E-state index contributed by atoms with van der Waals surface area (Å²) in [4.78, 5) is 32.1. The number of carboxylic acid groups (broad SMARTS) is 1. The van der Waals surface area contributed by atoms with Crippen molar-refractivity contribution < 1.29 is 14.3 Å². The summed E-state index contributed by atoms with van der Waals surface area (Å²) in [5, 5.41) is 10.1. The molecule has 0 amide bonds. The van der Waals surface area contributed by atoms with Gasteiger partial charge in [-0.1, -0.05) is 6.07 Å². The van der Waals surface area contributed by atoms with Gasteiger partial charge in [0, 0.05) is 31.6 Å². The fourth-order valence-corrected chi connectivity index (χ4v) is 4.83. The third-order valence-electron chi connectivity index (χ3n) is 6.69. The molecule has 1 aliphatic rings. The predicted molar refractivity (Wildman–Crippen MR) is 129 cm³/mol. The minimum absolute atomic E-state index is 0.0175. The SMILES string of the molecule is Cc1ccc(F)cc1Cn1c(N2CCC[C@@H](N)C2)nc2c3cc(C(=O)O)ccc3n(C)c(=O)c21. The third kappa shape index (κ3) is 3.62. The van der Waals surface area contributed by atoms with Crippen LogP contribution < -0.4 is 16.2 Å². The lowest BCUT2D eigenvalue weighted by Gasteiger charge is -2.32. The number of aryl methyl sites for hydroxylation is 2. The van der Waals surface area contributed by atoms with Crippen molar-refractivity contribution in [2.45, 2.75) is 32.4 Å². The molecule has 1 saturated heterocycles. The van der Waals surface area contributed by atoms with Crippen LogP contribution in [0, 0.1) is 12.7 Å². The van der Waals surface area contributed by atoms with Crippen LogP contribution in [0.25, 0.3) is 21.9 Å². The van der Waals surface area contributed by atoms with Crippen molar-refractivity contribution in [1.29, 1.82) is 0 Å². The topological polar surface area (TPSA) is 106 Å². The van der Waals surface area contributed by atoms with Crippen LogP contribution in [-0.4, -0.2) is 44.3 Å². The van der Waals surface area contributed by atoms with Gasteiger partial charge in [0.25, 0.3) is 5.56 Å². The zero-order valence-corrected chi connectivity index (χ0v) is 19.1. The number of hydrogen-bond donors (Lipinski definition) is 2. The molecule has 2 aromatic heterocycles. The molecule has 9 heteroatoms. The van der Waals surface area contributed by atoms with Crippen LogP contribution in [0.1, 0.15) is 34.3 Å². The van der Waals surface area contributed by atoms with Crippen LogP contribution in [0.4, 0.5) is 10.3 Å². The number of nitrogens with zero attached hydrogens (tertiary/aromatic N) is 4. The van der Waals surface area contributed by atoms with Crippen molar-refractivity contribution in [2.75, 3.05) is 18.0 Å². The quantitative estimate of drug-likeness (QED) is 0.482. The summed E-state index contributed by atoms with van der Waals surface area (Å²) in [7, 11) is 1.66. The zero-order chi connectivity index (χ0) is 24.1. The standard InChI is InChI=1S/C25H26FN5O3/c1-14-5-7-17(26)10-16(14)12-31-22-21(28-25(31)30-9-3-4-18(27)13-30)19-11-15(24(33)34)6-8-20(19)29(2)23(22)32/h5-8,10-11,18H,3-4,9,12-13,27H2,1-2H3,(H,33,34)/t18-/m1/s1. The average Bonchev–Trinajstić information content (AvgIpc) is 3.19. The number of aromatic nitrogens is 3. The Morgan fingerprint density at radius 1 is 1.26 bits per heavy atom. The van der Waals surface area contributed by atoms with Crippen molar-refractivity contribution in [2.24, 2.45) is 12.8 Å². The van der Waals surface area contributed by atoms with Crippen LogP contribution in [0.2, 0.25) is 0 Å². The maximum Gasteiger partial charge on any atom is 0.335 e. The zero-order valence-electron chi connectivity index (χ0n) is 19.1. The number of aromatic carboxylic acids is 1. The smallest absolute Gasteiger partial charge is 0.335 e. The maximum absolute atomic E-state index is 14.1. The molecule has 4 aromatic rings. The molecule has 8 nitrogen and oxygen atoms in total. The number of halogens is 1. The van der Waals surface area contributed by atoms with Crippen molar-refractivity contribution in [1.82, 2.24) is 14.1 Å². The summed E-state index contributed by atoms with van der Waals surface area (Å²) >= 11 is 0. The number of carboxylic acids is 1. The number of fused-ring (bicyclic) bond motifs is 3. The molecule has 0 spiro atoms. The van der Waals surface area contributed by atoms with Gasteiger partial charge in [0.2, 0.25) is 5.95 Å². The van der Waals surface area contributed by atoms with Gasteiger partial charge in [0.05, 0.1) is 17.6 Å². The molecule has 0 bridgehead atoms. The van der Waals surface area contributed by atoms with Crippen LogP contribution >= 0.6 is 0 Å². The number of nitrogens with two attached hydrogens (primary N) is 1. The van der Waals surface area contributed by atoms with Gasteiger partial charge in [-0.3, -0.25) is 4.79 Å². The van der Waals surface area contributed by atoms with Gasteiger partial charge in [0.1, 0.15) is 16.9 Å². The van der Waals surface area contributed by atoms with E-state index in [1.807, 2.05) is 11.5 Å². The molecule has 1 atom stereocenters. The molecular formula is C25H26FN5O3. The van der Waals surface area contributed by atoms with Crippen LogP contribution in [0.5, 0.6) is 0 Å². The van der Waals surface area contributed by atoms with Gasteiger partial charge in [0.15, 0.2) is 0 Å². The van der Waals surface area contributed by atoms with E-state index < -0.39 is 5.97 Å². The molecule has 3 heterocycles. The highest BCUT2D eigenvalue weighted by Gasteiger charge is 2.26. The van der Waals surface area contributed by atoms with Crippen molar-refractivity contribution in [3.05, 3.63) is 69.3 Å². The maximum atomic E-state index is 14.1. The molecule has 0 saturated carbocycles. The van der Waals surface area contributed by atoms with Gasteiger partial charge in [-0.15, -0.1) is 0 Å². The lowest BCUT2D eigenvalue weighted by Crippen LogP contribution is -2.44. The normalized spacial score (nSPS) is 16.5. The number of hydrogen-bond acceptors (Lipinski definition) is 5. The molecule has 5 rings (SSSR count). The lowest BCUT2D eigenvalue weighted by atomic mass is 10.1. The largest absolute Gasteiger partial charge is 0.478 e. The van der Waals surface area contributed by atoms with E-state index in [0.29, 0.717) is 34.4 Å². The number of benzene rings is 2. The van der Waals surface area contributed by atoms with Crippen LogP contribution in [-0.2, 0) is 13.6 Å². The van der Waals surface area contributed by atoms with E-state index in [0.717, 1.165) is 30.5 Å². The summed E-state index contributed by atoms with van der Waals surface area (Å²) < 4.78 is 17.4. The molecule has 34 heavy (non-hydrogen) atoms. The molecule has 1 fully saturated rings. The van der Waals surface area contributed by atoms with Gasteiger partial charge in [-0.05, 0) is 61.2 Å². The Kier molecular flexibility index (Phi) is 5.36. The first-order valence-corrected chi connectivity index (χ1v) is 11.3. The number of rotatable bonds is 4. The Morgan fingerprint density at radius 3 is 2.79 bits per heavy atom. The summed E-state index contributed by atoms with van der Waals surface area (Å²) in [6, 6.07) is 9.25. The van der Waals surface area contributed by atoms with Gasteiger partial charge in [-0.25, -0.2) is 14.2 Å². The average molecular weight is 464 g/mol. The predicted octanol–water partition coefficient (Wildman–Crippen LogP) is 3.01. The molecule has 0 aliphatic carbocycles. The number of pyridine rings is 1. The van der Waals surface area contributed by atoms with Crippen molar-refractivity contribution in [3.63, 3.8) is 0 Å². The second-order valence-electron chi connectivity index (χ2n) is 9.02. The van der Waals surface area contributed by atoms with Crippen molar-refractivity contribution in [3.8, 4) is 0 Å². The number of piperidine rings is 1. The van der Waals surface area contributed by atoms with E-state index in [9.17, 15) is 19.1 Å².